The first-order valence-corrected chi connectivity index (χ1v) is 54.6. The molecule has 28 atom stereocenters. The van der Waals surface area contributed by atoms with E-state index in [1.807, 2.05) is 0 Å². The number of hydrogen-bond donors (Lipinski definition) is 15. The van der Waals surface area contributed by atoms with E-state index in [1.165, 1.54) is 66.4 Å². The fraction of sp³-hybridized carbons (Fsp3) is 0.476. The van der Waals surface area contributed by atoms with Crippen molar-refractivity contribution in [2.75, 3.05) is 74.0 Å². The summed E-state index contributed by atoms with van der Waals surface area (Å²) in [6.45, 7) is -28.6. The summed E-state index contributed by atoms with van der Waals surface area (Å²) in [7, 11) is 0. The Morgan fingerprint density at radius 1 is 0.376 bits per heavy atom. The van der Waals surface area contributed by atoms with E-state index in [4.69, 9.17) is 176 Å². The van der Waals surface area contributed by atoms with E-state index in [1.54, 1.807) is 24.5 Å². The lowest BCUT2D eigenvalue weighted by atomic mass is 10.1. The summed E-state index contributed by atoms with van der Waals surface area (Å²) in [4.78, 5) is 140. The number of anilines is 6. The number of nitrogens with one attached hydrogen (secondary N) is 3. The van der Waals surface area contributed by atoms with Crippen LogP contribution in [0.4, 0.5) is 52.5 Å². The number of halogens is 4. The number of hydrogen-bond acceptors (Lipinski definition) is 45. The van der Waals surface area contributed by atoms with Crippen LogP contribution in [0.15, 0.2) is 88.9 Å². The summed E-state index contributed by atoms with van der Waals surface area (Å²) < 4.78 is 188. The number of nitrogen functional groups attached to an aromatic ring is 6. The van der Waals surface area contributed by atoms with E-state index in [-0.39, 0.29) is 81.0 Å². The van der Waals surface area contributed by atoms with Crippen molar-refractivity contribution in [1.82, 2.24) is 102 Å². The van der Waals surface area contributed by atoms with E-state index in [0.29, 0.717) is 34.1 Å². The van der Waals surface area contributed by atoms with Gasteiger partial charge >= 0.3 is 40.4 Å². The van der Waals surface area contributed by atoms with E-state index < -0.39 is 232 Å². The first-order chi connectivity index (χ1) is 63.1. The second kappa shape index (κ2) is 36.3. The minimum atomic E-state index is -4.44. The summed E-state index contributed by atoms with van der Waals surface area (Å²) in [6, 6.07) is 4.72. The Morgan fingerprint density at radius 3 is 1.11 bits per heavy atom. The zero-order valence-electron chi connectivity index (χ0n) is 66.7. The molecule has 6 bridgehead atoms. The van der Waals surface area contributed by atoms with Gasteiger partial charge in [-0.05, 0) is 77.2 Å². The summed E-state index contributed by atoms with van der Waals surface area (Å²) in [5, 5.41) is 8.56. The molecule has 0 radical (unpaired) electrons. The third-order valence-electron chi connectivity index (χ3n) is 21.9. The Hall–Kier alpha value is -7.66. The normalized spacial score (nSPS) is 36.9. The van der Waals surface area contributed by atoms with Gasteiger partial charge in [-0.3, -0.25) is 70.2 Å². The third-order valence-corrected chi connectivity index (χ3v) is 31.4. The van der Waals surface area contributed by atoms with Crippen LogP contribution in [0.5, 0.6) is 0 Å². The second-order valence-electron chi connectivity index (χ2n) is 30.4. The van der Waals surface area contributed by atoms with Gasteiger partial charge in [0, 0.05) is 19.0 Å². The monoisotopic (exact) mass is 2090 g/mol. The van der Waals surface area contributed by atoms with Gasteiger partial charge in [-0.2, -0.15) is 25.1 Å². The number of thiol groups is 1. The predicted molar refractivity (Wildman–Crippen MR) is 468 cm³/mol. The molecule has 714 valence electrons. The number of aromatic nitrogens is 21. The minimum Gasteiger partial charge on any atom is -0.397 e. The largest absolute Gasteiger partial charge is 0.397 e. The van der Waals surface area contributed by atoms with Crippen molar-refractivity contribution in [3.05, 3.63) is 117 Å². The van der Waals surface area contributed by atoms with Crippen molar-refractivity contribution in [3.8, 4) is 0 Å². The first kappa shape index (κ1) is 94.3. The number of nitrogens with zero attached hydrogens (tertiary/aromatic N) is 18. The molecule has 0 amide bonds. The van der Waals surface area contributed by atoms with Crippen molar-refractivity contribution >= 4 is 203 Å². The van der Waals surface area contributed by atoms with Crippen molar-refractivity contribution in [2.24, 2.45) is 0 Å². The van der Waals surface area contributed by atoms with Crippen molar-refractivity contribution in [3.63, 3.8) is 0 Å². The van der Waals surface area contributed by atoms with Crippen molar-refractivity contribution < 1.29 is 129 Å². The number of pyridine rings is 1. The van der Waals surface area contributed by atoms with Gasteiger partial charge in [-0.15, -0.1) is 0 Å². The number of fused-ring (bicyclic) bond motifs is 15. The quantitative estimate of drug-likeness (QED) is 0.0643. The van der Waals surface area contributed by atoms with Crippen LogP contribution in [-0.4, -0.2) is 264 Å². The standard InChI is InChI=1S/C21H23F2N9O9P2S2.2C21H24FN9O9P2S2/c22-10-8-3-36-42(34,44)40-14-9(39-19(11(14)23)31-5-27-12-7(24)1-2-26-16(12)31)4-37-43(35,45)41-15(10)20(38-8)32-6-28-13-17(32)29-21(25)30-18(13)33;2*22-14-13-6-36-41(33,43)39-11-3-10(9-4-25-17-8(23)1-2-27-31(9)17)37-12(11)5-35-42(34,44)40-16(14)20(38-13)30-7-26-15-18(30)28-21(24)29-19(15)32/h1-2,5-6,8-11,14-15,19-20H,3-4H2,(H2,24,26)(H,34,44)(H,35,45)(H3,25,29,30,33);2*1-2,4,7,10-14,16,20H,3,5-6,23H2,(H,33,43)(H,34,44)(H3,24,28,29,32)/t8-,9-,10-,11+,14-,15-,19-,20-,42?,43?;2*10-,11+,12-,13-,14-,16-,20-,41?,42?/m111/s1. The molecular weight excluding hydrogens is 2020 g/mol. The lowest BCUT2D eigenvalue weighted by Gasteiger charge is -2.27. The molecular formula is C63H71F4N27O27P6S6. The molecule has 0 spiro atoms. The number of H-pyrrole nitrogens is 3. The Kier molecular flexibility index (Phi) is 25.7. The van der Waals surface area contributed by atoms with Crippen molar-refractivity contribution in [1.29, 1.82) is 0 Å². The summed E-state index contributed by atoms with van der Waals surface area (Å²) in [5.41, 5.74) is 36.0. The first-order valence-electron chi connectivity index (χ1n) is 38.9. The van der Waals surface area contributed by atoms with Crippen molar-refractivity contribution in [2.45, 2.75) is 148 Å². The van der Waals surface area contributed by atoms with Gasteiger partial charge in [0.25, 0.3) is 16.7 Å². The van der Waals surface area contributed by atoms with Gasteiger partial charge in [-0.25, -0.2) is 66.0 Å². The van der Waals surface area contributed by atoms with Crippen LogP contribution in [-0.2, 0) is 146 Å². The molecule has 21 rings (SSSR count). The van der Waals surface area contributed by atoms with E-state index in [0.717, 1.165) is 10.9 Å². The van der Waals surface area contributed by atoms with Crippen LogP contribution in [0.2, 0.25) is 0 Å². The molecule has 54 nitrogen and oxygen atoms in total. The number of alkyl halides is 4. The molecule has 9 aliphatic rings. The molecule has 0 aromatic carbocycles. The Bertz CT molecular complexity index is 6790. The SMILES string of the molecule is Nc1nc2c(ncn2[C@@H]2O[C@@H]3COP(=O)(S)O[C@H]4[C@H](F)[C@H](n5cnc6c(N)ccnc65)O[C@@H]4COP(O)(=S)O[C@@H]2[C@@H]3F)c(=O)[nH]1.Nc1nc2c(ncn2[C@@H]2O[C@@H]3COP(O)(=S)O[C@H]4C[C@H](c5cnc6c(N)ccnn56)O[C@@H]4COP(O)(=S)O[C@@H]2[C@@H]3F)c(=O)[nH]1.Nc1nc2c(ncn2[C@@H]2O[C@@H]3COP(O)(=S)O[C@H]4C[C@H](c5cnc6c(N)ccnn56)O[C@@H]4COP(O)(=S)O[C@@H]2[C@@H]3F)c(=O)[nH]1. The fourth-order valence-corrected chi connectivity index (χ4v) is 24.6. The highest BCUT2D eigenvalue weighted by molar-refractivity contribution is 8.44. The molecule has 21 heterocycles. The van der Waals surface area contributed by atoms with E-state index in [9.17, 15) is 43.4 Å². The molecule has 70 heteroatoms. The van der Waals surface area contributed by atoms with Crippen LogP contribution in [0.25, 0.3) is 55.9 Å². The van der Waals surface area contributed by atoms with Crippen LogP contribution < -0.4 is 51.1 Å². The predicted octanol–water partition coefficient (Wildman–Crippen LogP) is 1.96. The lowest BCUT2D eigenvalue weighted by Crippen LogP contribution is -2.34. The number of aromatic amines is 3. The highest BCUT2D eigenvalue weighted by Gasteiger charge is 2.58. The summed E-state index contributed by atoms with van der Waals surface area (Å²) in [5.74, 6) is -0.703. The smallest absolute Gasteiger partial charge is 0.386 e. The minimum absolute atomic E-state index is 0.0422. The van der Waals surface area contributed by atoms with Gasteiger partial charge in [0.15, 0.2) is 100 Å². The molecule has 0 saturated carbocycles. The number of imidazole rings is 6. The van der Waals surface area contributed by atoms with Gasteiger partial charge in [0.1, 0.15) is 78.8 Å². The maximum absolute atomic E-state index is 16.0. The van der Waals surface area contributed by atoms with E-state index in [2.05, 4.69) is 87.2 Å². The summed E-state index contributed by atoms with van der Waals surface area (Å²) >= 11 is 30.1. The topological polar surface area (TPSA) is 722 Å². The van der Waals surface area contributed by atoms with Gasteiger partial charge < -0.3 is 119 Å². The van der Waals surface area contributed by atoms with Crippen LogP contribution in [0.1, 0.15) is 61.3 Å². The maximum atomic E-state index is 16.0. The Morgan fingerprint density at radius 2 is 0.714 bits per heavy atom. The van der Waals surface area contributed by atoms with Crippen LogP contribution in [0, 0.1) is 0 Å². The summed E-state index contributed by atoms with van der Waals surface area (Å²) in [6.07, 6.45) is -18.4. The second-order valence-corrected chi connectivity index (χ2v) is 47.3. The Labute approximate surface area is 768 Å². The molecule has 20 N–H and O–H groups in total. The molecule has 12 aromatic rings. The third kappa shape index (κ3) is 18.8. The highest BCUT2D eigenvalue weighted by Crippen LogP contribution is 2.61. The molecule has 0 aliphatic carbocycles. The number of rotatable bonds is 6. The molecule has 6 unspecified atom stereocenters. The number of ether oxygens (including phenoxy) is 6. The van der Waals surface area contributed by atoms with Gasteiger partial charge in [-0.1, -0.05) is 12.2 Å². The highest BCUT2D eigenvalue weighted by atomic mass is 32.7. The van der Waals surface area contributed by atoms with Crippen LogP contribution in [0.3, 0.4) is 0 Å². The molecule has 12 aromatic heterocycles. The van der Waals surface area contributed by atoms with E-state index >= 15 is 17.6 Å². The molecule has 9 fully saturated rings. The molecule has 9 aliphatic heterocycles. The lowest BCUT2D eigenvalue weighted by molar-refractivity contribution is -0.0584. The number of nitrogens with two attached hydrogens (primary N) is 6. The Balaban J connectivity index is 0.000000129. The maximum Gasteiger partial charge on any atom is 0.386 e. The molecule has 133 heavy (non-hydrogen) atoms. The zero-order valence-corrected chi connectivity index (χ0v) is 77.0. The average Bonchev–Trinajstić information content (AvgIpc) is 1.61. The van der Waals surface area contributed by atoms with Crippen LogP contribution >= 0.6 is 52.6 Å². The van der Waals surface area contributed by atoms with Gasteiger partial charge in [0.2, 0.25) is 17.8 Å². The average molecular weight is 2090 g/mol. The fourth-order valence-electron chi connectivity index (χ4n) is 16.0. The molecule has 9 saturated heterocycles. The zero-order chi connectivity index (χ0) is 93.8. The van der Waals surface area contributed by atoms with Gasteiger partial charge in [0.05, 0.1) is 130 Å².